The second kappa shape index (κ2) is 4.66. The molecule has 1 amide bonds. The van der Waals surface area contributed by atoms with E-state index in [1.54, 1.807) is 0 Å². The monoisotopic (exact) mass is 218 g/mol. The largest absolute Gasteiger partial charge is 0.324 e. The molecule has 2 N–H and O–H groups in total. The summed E-state index contributed by atoms with van der Waals surface area (Å²) >= 11 is 0. The number of rotatable bonds is 3. The van der Waals surface area contributed by atoms with Crippen molar-refractivity contribution in [2.75, 3.05) is 11.9 Å². The highest BCUT2D eigenvalue weighted by Crippen LogP contribution is 2.24. The molecule has 1 aromatic carbocycles. The number of nitrogens with one attached hydrogen (secondary N) is 2. The fourth-order valence-corrected chi connectivity index (χ4v) is 2.23. The topological polar surface area (TPSA) is 41.1 Å². The standard InChI is InChI=1S/C13H18N2O/c1-2-13(9-6-10-14-13)12(16)15-11-7-4-3-5-8-11/h3-5,7-8,14H,2,6,9-10H2,1H3,(H,15,16). The molecule has 1 aliphatic heterocycles. The van der Waals surface area contributed by atoms with Crippen LogP contribution in [0, 0.1) is 0 Å². The molecule has 1 aliphatic rings. The predicted molar refractivity (Wildman–Crippen MR) is 65.3 cm³/mol. The molecule has 1 saturated heterocycles. The molecule has 0 radical (unpaired) electrons. The minimum absolute atomic E-state index is 0.0960. The van der Waals surface area contributed by atoms with Gasteiger partial charge in [0.1, 0.15) is 0 Å². The van der Waals surface area contributed by atoms with E-state index in [9.17, 15) is 4.79 Å². The summed E-state index contributed by atoms with van der Waals surface area (Å²) in [6.07, 6.45) is 2.85. The van der Waals surface area contributed by atoms with Crippen molar-refractivity contribution in [2.45, 2.75) is 31.7 Å². The summed E-state index contributed by atoms with van der Waals surface area (Å²) in [6, 6.07) is 9.62. The van der Waals surface area contributed by atoms with Crippen molar-refractivity contribution < 1.29 is 4.79 Å². The van der Waals surface area contributed by atoms with Crippen LogP contribution in [0.3, 0.4) is 0 Å². The zero-order chi connectivity index (χ0) is 11.4. The zero-order valence-electron chi connectivity index (χ0n) is 9.62. The fourth-order valence-electron chi connectivity index (χ4n) is 2.23. The number of para-hydroxylation sites is 1. The van der Waals surface area contributed by atoms with Crippen LogP contribution in [0.5, 0.6) is 0 Å². The van der Waals surface area contributed by atoms with Gasteiger partial charge in [-0.3, -0.25) is 4.79 Å². The van der Waals surface area contributed by atoms with Crippen LogP contribution in [-0.2, 0) is 4.79 Å². The lowest BCUT2D eigenvalue weighted by Crippen LogP contribution is -2.50. The minimum Gasteiger partial charge on any atom is -0.324 e. The first-order chi connectivity index (χ1) is 7.77. The molecule has 86 valence electrons. The highest BCUT2D eigenvalue weighted by molar-refractivity contribution is 5.98. The van der Waals surface area contributed by atoms with Crippen molar-refractivity contribution in [3.63, 3.8) is 0 Å². The Kier molecular flexibility index (Phi) is 3.25. The van der Waals surface area contributed by atoms with Crippen LogP contribution in [0.4, 0.5) is 5.69 Å². The summed E-state index contributed by atoms with van der Waals surface area (Å²) in [7, 11) is 0. The molecule has 1 fully saturated rings. The highest BCUT2D eigenvalue weighted by atomic mass is 16.2. The summed E-state index contributed by atoms with van der Waals surface area (Å²) in [4.78, 5) is 12.2. The lowest BCUT2D eigenvalue weighted by Gasteiger charge is -2.26. The van der Waals surface area contributed by atoms with E-state index in [0.29, 0.717) is 0 Å². The molecule has 0 spiro atoms. The molecular weight excluding hydrogens is 200 g/mol. The van der Waals surface area contributed by atoms with Crippen molar-refractivity contribution in [3.8, 4) is 0 Å². The van der Waals surface area contributed by atoms with Gasteiger partial charge in [0, 0.05) is 5.69 Å². The van der Waals surface area contributed by atoms with Crippen molar-refractivity contribution in [3.05, 3.63) is 30.3 Å². The first kappa shape index (κ1) is 11.1. The van der Waals surface area contributed by atoms with Crippen molar-refractivity contribution in [1.29, 1.82) is 0 Å². The molecule has 3 heteroatoms. The molecule has 1 unspecified atom stereocenters. The van der Waals surface area contributed by atoms with Gasteiger partial charge in [-0.25, -0.2) is 0 Å². The van der Waals surface area contributed by atoms with Gasteiger partial charge in [-0.1, -0.05) is 25.1 Å². The number of carbonyl (C=O) groups excluding carboxylic acids is 1. The van der Waals surface area contributed by atoms with Gasteiger partial charge in [0.15, 0.2) is 0 Å². The molecule has 1 heterocycles. The Labute approximate surface area is 96.2 Å². The Morgan fingerprint density at radius 1 is 1.44 bits per heavy atom. The summed E-state index contributed by atoms with van der Waals surface area (Å²) in [6.45, 7) is 3.00. The molecule has 2 rings (SSSR count). The SMILES string of the molecule is CCC1(C(=O)Nc2ccccc2)CCCN1. The van der Waals surface area contributed by atoms with Crippen LogP contribution in [-0.4, -0.2) is 18.0 Å². The zero-order valence-corrected chi connectivity index (χ0v) is 9.62. The molecule has 0 aliphatic carbocycles. The molecule has 3 nitrogen and oxygen atoms in total. The van der Waals surface area contributed by atoms with Crippen molar-refractivity contribution >= 4 is 11.6 Å². The number of anilines is 1. The van der Waals surface area contributed by atoms with Crippen LogP contribution in [0.2, 0.25) is 0 Å². The number of amides is 1. The normalized spacial score (nSPS) is 24.3. The average Bonchev–Trinajstić information content (AvgIpc) is 2.80. The van der Waals surface area contributed by atoms with Crippen molar-refractivity contribution in [2.24, 2.45) is 0 Å². The highest BCUT2D eigenvalue weighted by Gasteiger charge is 2.38. The summed E-state index contributed by atoms with van der Waals surface area (Å²) < 4.78 is 0. The molecule has 16 heavy (non-hydrogen) atoms. The number of hydrogen-bond acceptors (Lipinski definition) is 2. The lowest BCUT2D eigenvalue weighted by atomic mass is 9.93. The molecule has 0 saturated carbocycles. The van der Waals surface area contributed by atoms with E-state index in [0.717, 1.165) is 31.5 Å². The number of benzene rings is 1. The lowest BCUT2D eigenvalue weighted by molar-refractivity contribution is -0.122. The second-order valence-electron chi connectivity index (χ2n) is 4.29. The number of hydrogen-bond donors (Lipinski definition) is 2. The minimum atomic E-state index is -0.351. The third kappa shape index (κ3) is 2.09. The van der Waals surface area contributed by atoms with Crippen molar-refractivity contribution in [1.82, 2.24) is 5.32 Å². The predicted octanol–water partition coefficient (Wildman–Crippen LogP) is 2.16. The second-order valence-corrected chi connectivity index (χ2v) is 4.29. The Balaban J connectivity index is 2.07. The summed E-state index contributed by atoms with van der Waals surface area (Å²) in [5, 5.41) is 6.30. The summed E-state index contributed by atoms with van der Waals surface area (Å²) in [5.41, 5.74) is 0.518. The van der Waals surface area contributed by atoms with Gasteiger partial charge in [0.25, 0.3) is 0 Å². The Bertz CT molecular complexity index is 355. The van der Waals surface area contributed by atoms with Crippen LogP contribution >= 0.6 is 0 Å². The third-order valence-electron chi connectivity index (χ3n) is 3.31. The Morgan fingerprint density at radius 2 is 2.19 bits per heavy atom. The van der Waals surface area contributed by atoms with Gasteiger partial charge in [-0.2, -0.15) is 0 Å². The average molecular weight is 218 g/mol. The van der Waals surface area contributed by atoms with E-state index in [1.807, 2.05) is 30.3 Å². The van der Waals surface area contributed by atoms with Crippen LogP contribution in [0.1, 0.15) is 26.2 Å². The smallest absolute Gasteiger partial charge is 0.244 e. The van der Waals surface area contributed by atoms with Gasteiger partial charge in [-0.15, -0.1) is 0 Å². The molecule has 1 atom stereocenters. The van der Waals surface area contributed by atoms with E-state index in [2.05, 4.69) is 17.6 Å². The molecular formula is C13H18N2O. The van der Waals surface area contributed by atoms with Gasteiger partial charge in [0.05, 0.1) is 5.54 Å². The molecule has 1 aromatic rings. The fraction of sp³-hybridized carbons (Fsp3) is 0.462. The molecule has 0 bridgehead atoms. The van der Waals surface area contributed by atoms with E-state index in [4.69, 9.17) is 0 Å². The van der Waals surface area contributed by atoms with E-state index < -0.39 is 0 Å². The van der Waals surface area contributed by atoms with Gasteiger partial charge in [0.2, 0.25) is 5.91 Å². The van der Waals surface area contributed by atoms with E-state index in [1.165, 1.54) is 0 Å². The maximum Gasteiger partial charge on any atom is 0.244 e. The van der Waals surface area contributed by atoms with E-state index in [-0.39, 0.29) is 11.4 Å². The summed E-state index contributed by atoms with van der Waals surface area (Å²) in [5.74, 6) is 0.0960. The van der Waals surface area contributed by atoms with Gasteiger partial charge >= 0.3 is 0 Å². The maximum absolute atomic E-state index is 12.2. The Morgan fingerprint density at radius 3 is 2.75 bits per heavy atom. The van der Waals surface area contributed by atoms with Crippen LogP contribution < -0.4 is 10.6 Å². The van der Waals surface area contributed by atoms with Crippen LogP contribution in [0.15, 0.2) is 30.3 Å². The molecule has 0 aromatic heterocycles. The first-order valence-corrected chi connectivity index (χ1v) is 5.88. The maximum atomic E-state index is 12.2. The Hall–Kier alpha value is -1.35. The third-order valence-corrected chi connectivity index (χ3v) is 3.31. The van der Waals surface area contributed by atoms with Crippen LogP contribution in [0.25, 0.3) is 0 Å². The van der Waals surface area contributed by atoms with Gasteiger partial charge in [-0.05, 0) is 37.9 Å². The van der Waals surface area contributed by atoms with Gasteiger partial charge < -0.3 is 10.6 Å². The first-order valence-electron chi connectivity index (χ1n) is 5.88. The van der Waals surface area contributed by atoms with E-state index >= 15 is 0 Å². The number of carbonyl (C=O) groups is 1. The quantitative estimate of drug-likeness (QED) is 0.816.